The van der Waals surface area contributed by atoms with Gasteiger partial charge in [0.05, 0.1) is 11.5 Å². The number of halogens is 1. The average molecular weight is 465 g/mol. The number of nitrogens with zero attached hydrogens (tertiary/aromatic N) is 4. The maximum absolute atomic E-state index is 12.4. The number of nitrogens with one attached hydrogen (secondary N) is 2. The third-order valence-corrected chi connectivity index (χ3v) is 5.46. The van der Waals surface area contributed by atoms with E-state index in [2.05, 4.69) is 25.3 Å². The molecule has 31 heavy (non-hydrogen) atoms. The first-order valence-corrected chi connectivity index (χ1v) is 10.7. The van der Waals surface area contributed by atoms with Gasteiger partial charge in [-0.15, -0.1) is 10.2 Å². The second-order valence-electron chi connectivity index (χ2n) is 6.08. The summed E-state index contributed by atoms with van der Waals surface area (Å²) in [5.41, 5.74) is 0.466. The minimum absolute atomic E-state index is 0.00484. The van der Waals surface area contributed by atoms with Crippen LogP contribution in [0.3, 0.4) is 0 Å². The van der Waals surface area contributed by atoms with Gasteiger partial charge in [0.2, 0.25) is 0 Å². The topological polar surface area (TPSA) is 145 Å². The first-order chi connectivity index (χ1) is 14.7. The highest BCUT2D eigenvalue weighted by atomic mass is 35.5. The number of amides is 1. The number of sulfonamides is 1. The van der Waals surface area contributed by atoms with Crippen molar-refractivity contribution in [2.24, 2.45) is 7.05 Å². The number of esters is 1. The Labute approximate surface area is 182 Å². The van der Waals surface area contributed by atoms with Crippen LogP contribution in [0.25, 0.3) is 0 Å². The van der Waals surface area contributed by atoms with Gasteiger partial charge in [0.25, 0.3) is 15.9 Å². The molecule has 0 aliphatic heterocycles. The molecule has 3 rings (SSSR count). The lowest BCUT2D eigenvalue weighted by Crippen LogP contribution is -2.15. The molecule has 1 aromatic carbocycles. The van der Waals surface area contributed by atoms with Crippen LogP contribution in [-0.2, 0) is 21.8 Å². The Morgan fingerprint density at radius 1 is 1.13 bits per heavy atom. The van der Waals surface area contributed by atoms with E-state index in [0.717, 1.165) is 0 Å². The van der Waals surface area contributed by atoms with Crippen molar-refractivity contribution < 1.29 is 22.7 Å². The summed E-state index contributed by atoms with van der Waals surface area (Å²) in [6.45, 7) is 1.87. The van der Waals surface area contributed by atoms with Crippen LogP contribution >= 0.6 is 11.6 Å². The maximum atomic E-state index is 12.4. The molecule has 0 spiro atoms. The third kappa shape index (κ3) is 5.35. The van der Waals surface area contributed by atoms with Crippen LogP contribution in [0.15, 0.2) is 47.4 Å². The Hall–Kier alpha value is -3.51. The average Bonchev–Trinajstić information content (AvgIpc) is 3.12. The highest BCUT2D eigenvalue weighted by Crippen LogP contribution is 2.18. The number of aromatic nitrogens is 4. The Balaban J connectivity index is 1.70. The predicted molar refractivity (Wildman–Crippen MR) is 111 cm³/mol. The molecule has 2 heterocycles. The van der Waals surface area contributed by atoms with Gasteiger partial charge in [-0.1, -0.05) is 11.6 Å². The molecule has 0 saturated heterocycles. The van der Waals surface area contributed by atoms with E-state index in [1.165, 1.54) is 54.2 Å². The van der Waals surface area contributed by atoms with E-state index in [0.29, 0.717) is 5.69 Å². The van der Waals surface area contributed by atoms with Gasteiger partial charge in [0.15, 0.2) is 16.7 Å². The Morgan fingerprint density at radius 3 is 2.45 bits per heavy atom. The number of anilines is 2. The van der Waals surface area contributed by atoms with Gasteiger partial charge in [-0.2, -0.15) is 5.10 Å². The molecular weight excluding hydrogens is 448 g/mol. The number of aryl methyl sites for hydroxylation is 1. The number of rotatable bonds is 7. The molecule has 2 N–H and O–H groups in total. The van der Waals surface area contributed by atoms with Crippen molar-refractivity contribution in [1.29, 1.82) is 0 Å². The monoisotopic (exact) mass is 464 g/mol. The number of carbonyl (C=O) groups is 2. The Morgan fingerprint density at radius 2 is 1.84 bits per heavy atom. The van der Waals surface area contributed by atoms with Gasteiger partial charge in [-0.05, 0) is 43.3 Å². The van der Waals surface area contributed by atoms with E-state index >= 15 is 0 Å². The molecule has 1 amide bonds. The molecule has 11 nitrogen and oxygen atoms in total. The van der Waals surface area contributed by atoms with E-state index in [-0.39, 0.29) is 33.9 Å². The summed E-state index contributed by atoms with van der Waals surface area (Å²) in [6, 6.07) is 9.52. The van der Waals surface area contributed by atoms with Crippen LogP contribution in [0.4, 0.5) is 11.5 Å². The van der Waals surface area contributed by atoms with Crippen molar-refractivity contribution in [3.05, 3.63) is 59.0 Å². The maximum Gasteiger partial charge on any atom is 0.356 e. The number of benzene rings is 1. The van der Waals surface area contributed by atoms with Gasteiger partial charge >= 0.3 is 5.97 Å². The summed E-state index contributed by atoms with van der Waals surface area (Å²) >= 11 is 5.63. The largest absolute Gasteiger partial charge is 0.461 e. The minimum atomic E-state index is -3.92. The Bertz CT molecular complexity index is 1210. The molecule has 0 unspecified atom stereocenters. The molecule has 0 aliphatic carbocycles. The fourth-order valence-electron chi connectivity index (χ4n) is 2.45. The molecule has 13 heteroatoms. The number of hydrogen-bond acceptors (Lipinski definition) is 8. The summed E-state index contributed by atoms with van der Waals surface area (Å²) in [5, 5.41) is 13.9. The molecule has 0 bridgehead atoms. The summed E-state index contributed by atoms with van der Waals surface area (Å²) in [6.07, 6.45) is 0. The van der Waals surface area contributed by atoms with E-state index in [1.807, 2.05) is 0 Å². The van der Waals surface area contributed by atoms with Gasteiger partial charge in [-0.3, -0.25) is 14.2 Å². The van der Waals surface area contributed by atoms with Crippen LogP contribution in [0, 0.1) is 0 Å². The van der Waals surface area contributed by atoms with E-state index in [9.17, 15) is 18.0 Å². The summed E-state index contributed by atoms with van der Waals surface area (Å²) in [4.78, 5) is 24.2. The molecule has 162 valence electrons. The third-order valence-electron chi connectivity index (χ3n) is 3.89. The highest BCUT2D eigenvalue weighted by molar-refractivity contribution is 7.92. The standard InChI is InChI=1S/C18H17ClN6O5S/c1-3-30-18(27)14-10-13(23-25(14)2)17(26)20-11-4-6-12(7-5-11)31(28,29)24-16-9-8-15(19)21-22-16/h4-10H,3H2,1-2H3,(H,20,26)(H,22,24). The fourth-order valence-corrected chi connectivity index (χ4v) is 3.55. The van der Waals surface area contributed by atoms with Crippen LogP contribution in [0.2, 0.25) is 5.15 Å². The van der Waals surface area contributed by atoms with Crippen molar-refractivity contribution in [2.45, 2.75) is 11.8 Å². The van der Waals surface area contributed by atoms with Crippen LogP contribution in [0.1, 0.15) is 27.9 Å². The molecule has 3 aromatic rings. The summed E-state index contributed by atoms with van der Waals surface area (Å²) in [5.74, 6) is -1.16. The van der Waals surface area contributed by atoms with Gasteiger partial charge in [-0.25, -0.2) is 13.2 Å². The van der Waals surface area contributed by atoms with E-state index in [1.54, 1.807) is 6.92 Å². The molecule has 0 fully saturated rings. The van der Waals surface area contributed by atoms with Crippen molar-refractivity contribution >= 4 is 45.0 Å². The fraction of sp³-hybridized carbons (Fsp3) is 0.167. The molecular formula is C18H17ClN6O5S. The summed E-state index contributed by atoms with van der Waals surface area (Å²) in [7, 11) is -2.40. The minimum Gasteiger partial charge on any atom is -0.461 e. The van der Waals surface area contributed by atoms with Gasteiger partial charge < -0.3 is 10.1 Å². The lowest BCUT2D eigenvalue weighted by Gasteiger charge is -2.08. The number of hydrogen-bond donors (Lipinski definition) is 2. The quantitative estimate of drug-likeness (QED) is 0.505. The number of ether oxygens (including phenoxy) is 1. The SMILES string of the molecule is CCOC(=O)c1cc(C(=O)Nc2ccc(S(=O)(=O)Nc3ccc(Cl)nn3)cc2)nn1C. The lowest BCUT2D eigenvalue weighted by molar-refractivity contribution is 0.0513. The van der Waals surface area contributed by atoms with Crippen LogP contribution < -0.4 is 10.0 Å². The molecule has 0 radical (unpaired) electrons. The van der Waals surface area contributed by atoms with E-state index < -0.39 is 21.9 Å². The zero-order valence-electron chi connectivity index (χ0n) is 16.4. The zero-order valence-corrected chi connectivity index (χ0v) is 17.9. The van der Waals surface area contributed by atoms with Gasteiger partial charge in [0.1, 0.15) is 5.69 Å². The van der Waals surface area contributed by atoms with Crippen molar-refractivity contribution in [2.75, 3.05) is 16.6 Å². The Kier molecular flexibility index (Phi) is 6.51. The smallest absolute Gasteiger partial charge is 0.356 e. The summed E-state index contributed by atoms with van der Waals surface area (Å²) < 4.78 is 33.3. The lowest BCUT2D eigenvalue weighted by atomic mass is 10.3. The van der Waals surface area contributed by atoms with Crippen molar-refractivity contribution in [1.82, 2.24) is 20.0 Å². The molecule has 0 aliphatic rings. The first kappa shape index (κ1) is 22.2. The zero-order chi connectivity index (χ0) is 22.6. The number of carbonyl (C=O) groups excluding carboxylic acids is 2. The second kappa shape index (κ2) is 9.10. The van der Waals surface area contributed by atoms with Crippen molar-refractivity contribution in [3.63, 3.8) is 0 Å². The van der Waals surface area contributed by atoms with Crippen molar-refractivity contribution in [3.8, 4) is 0 Å². The highest BCUT2D eigenvalue weighted by Gasteiger charge is 2.19. The van der Waals surface area contributed by atoms with Crippen LogP contribution in [-0.4, -0.2) is 46.9 Å². The normalized spacial score (nSPS) is 11.1. The van der Waals surface area contributed by atoms with Gasteiger partial charge in [0, 0.05) is 18.8 Å². The molecule has 0 atom stereocenters. The predicted octanol–water partition coefficient (Wildman–Crippen LogP) is 2.09. The second-order valence-corrected chi connectivity index (χ2v) is 8.15. The van der Waals surface area contributed by atoms with Crippen LogP contribution in [0.5, 0.6) is 0 Å². The molecule has 2 aromatic heterocycles. The van der Waals surface area contributed by atoms with E-state index in [4.69, 9.17) is 16.3 Å². The first-order valence-electron chi connectivity index (χ1n) is 8.84. The molecule has 0 saturated carbocycles.